The number of amides is 1. The number of phenols is 1. The summed E-state index contributed by atoms with van der Waals surface area (Å²) < 4.78 is 38.1. The highest BCUT2D eigenvalue weighted by atomic mass is 19.4. The number of β-amino-alcohol motifs (C(OH)–C–C–N with tert-alkyl or cyclic N) is 1. The Morgan fingerprint density at radius 2 is 1.68 bits per heavy atom. The average molecular weight is 531 g/mol. The fourth-order valence-electron chi connectivity index (χ4n) is 4.11. The van der Waals surface area contributed by atoms with Crippen LogP contribution in [-0.2, 0) is 25.6 Å². The lowest BCUT2D eigenvalue weighted by atomic mass is 9.93. The summed E-state index contributed by atoms with van der Waals surface area (Å²) in [7, 11) is 0. The molecule has 0 saturated heterocycles. The second-order valence-electron chi connectivity index (χ2n) is 9.90. The van der Waals surface area contributed by atoms with Crippen LogP contribution in [0.15, 0.2) is 66.7 Å². The van der Waals surface area contributed by atoms with Crippen molar-refractivity contribution in [2.24, 2.45) is 0 Å². The van der Waals surface area contributed by atoms with Gasteiger partial charge in [-0.25, -0.2) is 0 Å². The van der Waals surface area contributed by atoms with Crippen LogP contribution in [0.25, 0.3) is 0 Å². The van der Waals surface area contributed by atoms with Gasteiger partial charge in [0.1, 0.15) is 5.75 Å². The highest BCUT2D eigenvalue weighted by Crippen LogP contribution is 2.29. The Hall–Kier alpha value is -3.40. The molecule has 0 bridgehead atoms. The number of aliphatic hydroxyl groups is 2. The Morgan fingerprint density at radius 1 is 0.974 bits per heavy atom. The maximum absolute atomic E-state index is 12.7. The first-order chi connectivity index (χ1) is 17.9. The van der Waals surface area contributed by atoms with E-state index in [1.807, 2.05) is 19.9 Å². The molecule has 3 aromatic carbocycles. The van der Waals surface area contributed by atoms with Crippen molar-refractivity contribution in [2.75, 3.05) is 13.1 Å². The molecule has 0 fully saturated rings. The van der Waals surface area contributed by atoms with E-state index in [0.717, 1.165) is 17.7 Å². The van der Waals surface area contributed by atoms with Gasteiger partial charge < -0.3 is 26.0 Å². The molecule has 0 aliphatic carbocycles. The molecule has 0 radical (unpaired) electrons. The average Bonchev–Trinajstić information content (AvgIpc) is 2.87. The van der Waals surface area contributed by atoms with Gasteiger partial charge in [0, 0.05) is 29.8 Å². The quantitative estimate of drug-likeness (QED) is 0.251. The molecule has 6 nitrogen and oxygen atoms in total. The maximum Gasteiger partial charge on any atom is 0.416 e. The van der Waals surface area contributed by atoms with Crippen LogP contribution in [0, 0.1) is 0 Å². The highest BCUT2D eigenvalue weighted by molar-refractivity contribution is 5.94. The fourth-order valence-corrected chi connectivity index (χ4v) is 4.11. The van der Waals surface area contributed by atoms with Gasteiger partial charge in [0.15, 0.2) is 0 Å². The summed E-state index contributed by atoms with van der Waals surface area (Å²) in [5, 5.41) is 35.7. The second kappa shape index (κ2) is 12.4. The Kier molecular flexibility index (Phi) is 9.54. The normalized spacial score (nSPS) is 12.8. The third-order valence-electron chi connectivity index (χ3n) is 6.25. The minimum atomic E-state index is -4.38. The number of aliphatic hydroxyl groups excluding tert-OH is 2. The van der Waals surface area contributed by atoms with Gasteiger partial charge >= 0.3 is 6.18 Å². The first-order valence-corrected chi connectivity index (χ1v) is 12.3. The summed E-state index contributed by atoms with van der Waals surface area (Å²) in [4.78, 5) is 12.6. The van der Waals surface area contributed by atoms with Crippen LogP contribution in [0.3, 0.4) is 0 Å². The predicted octanol–water partition coefficient (Wildman–Crippen LogP) is 4.52. The lowest BCUT2D eigenvalue weighted by molar-refractivity contribution is -0.137. The molecule has 0 saturated carbocycles. The highest BCUT2D eigenvalue weighted by Gasteiger charge is 2.29. The van der Waals surface area contributed by atoms with E-state index in [2.05, 4.69) is 10.6 Å². The summed E-state index contributed by atoms with van der Waals surface area (Å²) in [5.41, 5.74) is 1.88. The van der Waals surface area contributed by atoms with Gasteiger partial charge in [-0.05, 0) is 79.8 Å². The third-order valence-corrected chi connectivity index (χ3v) is 6.25. The molecular formula is C29H33F3N2O4. The molecular weight excluding hydrogens is 497 g/mol. The van der Waals surface area contributed by atoms with Crippen LogP contribution >= 0.6 is 0 Å². The number of carbonyl (C=O) groups is 1. The minimum Gasteiger partial charge on any atom is -0.508 e. The molecule has 0 heterocycles. The standard InChI is InChI=1S/C29H33F3N2O4/c1-28(2,34-17-26(37)21-8-11-25(36)23(15-21)18-35)16-20-4-3-5-22(14-20)27(38)33-13-12-19-6-9-24(10-7-19)29(30,31)32/h3-11,14-15,26,34-37H,12-13,16-18H2,1-2H3,(H,33,38)/t26-/m0/s1. The van der Waals surface area contributed by atoms with Crippen molar-refractivity contribution in [1.29, 1.82) is 0 Å². The lowest BCUT2D eigenvalue weighted by Gasteiger charge is -2.28. The largest absolute Gasteiger partial charge is 0.508 e. The number of alkyl halides is 3. The summed E-state index contributed by atoms with van der Waals surface area (Å²) in [6, 6.07) is 16.7. The zero-order valence-corrected chi connectivity index (χ0v) is 21.3. The van der Waals surface area contributed by atoms with Crippen LogP contribution in [0.5, 0.6) is 5.75 Å². The Morgan fingerprint density at radius 3 is 2.34 bits per heavy atom. The second-order valence-corrected chi connectivity index (χ2v) is 9.90. The topological polar surface area (TPSA) is 102 Å². The molecule has 3 rings (SSSR count). The van der Waals surface area contributed by atoms with E-state index >= 15 is 0 Å². The zero-order valence-electron chi connectivity index (χ0n) is 21.3. The van der Waals surface area contributed by atoms with Crippen molar-refractivity contribution in [3.8, 4) is 5.75 Å². The van der Waals surface area contributed by atoms with E-state index in [1.165, 1.54) is 18.2 Å². The molecule has 204 valence electrons. The van der Waals surface area contributed by atoms with Crippen LogP contribution in [0.1, 0.15) is 58.1 Å². The SMILES string of the molecule is CC(C)(Cc1cccc(C(=O)NCCc2ccc(C(F)(F)F)cc2)c1)NC[C@H](O)c1ccc(O)c(CO)c1. The monoisotopic (exact) mass is 530 g/mol. The molecule has 1 atom stereocenters. The van der Waals surface area contributed by atoms with Gasteiger partial charge in [-0.1, -0.05) is 30.3 Å². The van der Waals surface area contributed by atoms with E-state index in [0.29, 0.717) is 35.1 Å². The first-order valence-electron chi connectivity index (χ1n) is 12.3. The molecule has 1 amide bonds. The molecule has 38 heavy (non-hydrogen) atoms. The summed E-state index contributed by atoms with van der Waals surface area (Å²) >= 11 is 0. The van der Waals surface area contributed by atoms with E-state index in [1.54, 1.807) is 30.3 Å². The first kappa shape index (κ1) is 29.2. The Bertz CT molecular complexity index is 1230. The van der Waals surface area contributed by atoms with E-state index in [4.69, 9.17) is 0 Å². The van der Waals surface area contributed by atoms with Gasteiger partial charge in [0.2, 0.25) is 0 Å². The minimum absolute atomic E-state index is 0.0275. The number of benzene rings is 3. The summed E-state index contributed by atoms with van der Waals surface area (Å²) in [5.74, 6) is -0.299. The van der Waals surface area contributed by atoms with Crippen molar-refractivity contribution in [2.45, 2.75) is 51.1 Å². The van der Waals surface area contributed by atoms with Crippen molar-refractivity contribution in [3.05, 3.63) is 100 Å². The molecule has 9 heteroatoms. The van der Waals surface area contributed by atoms with Gasteiger partial charge in [0.25, 0.3) is 5.91 Å². The van der Waals surface area contributed by atoms with Gasteiger partial charge in [-0.3, -0.25) is 4.79 Å². The van der Waals surface area contributed by atoms with Gasteiger partial charge in [0.05, 0.1) is 18.3 Å². The van der Waals surface area contributed by atoms with Crippen LogP contribution in [0.2, 0.25) is 0 Å². The molecule has 5 N–H and O–H groups in total. The molecule has 0 aliphatic rings. The summed E-state index contributed by atoms with van der Waals surface area (Å²) in [6.07, 6.45) is -4.24. The fraction of sp³-hybridized carbons (Fsp3) is 0.345. The number of hydrogen-bond donors (Lipinski definition) is 5. The van der Waals surface area contributed by atoms with E-state index in [-0.39, 0.29) is 31.4 Å². The van der Waals surface area contributed by atoms with Crippen molar-refractivity contribution in [3.63, 3.8) is 0 Å². The summed E-state index contributed by atoms with van der Waals surface area (Å²) in [6.45, 7) is 4.16. The zero-order chi connectivity index (χ0) is 27.9. The lowest BCUT2D eigenvalue weighted by Crippen LogP contribution is -2.43. The van der Waals surface area contributed by atoms with Crippen LogP contribution in [-0.4, -0.2) is 39.9 Å². The van der Waals surface area contributed by atoms with Crippen LogP contribution in [0.4, 0.5) is 13.2 Å². The van der Waals surface area contributed by atoms with E-state index in [9.17, 15) is 33.3 Å². The predicted molar refractivity (Wildman–Crippen MR) is 139 cm³/mol. The third kappa shape index (κ3) is 8.31. The molecule has 0 unspecified atom stereocenters. The van der Waals surface area contributed by atoms with Gasteiger partial charge in [-0.15, -0.1) is 0 Å². The molecule has 0 aliphatic heterocycles. The van der Waals surface area contributed by atoms with E-state index < -0.39 is 23.4 Å². The smallest absolute Gasteiger partial charge is 0.416 e. The van der Waals surface area contributed by atoms with Gasteiger partial charge in [-0.2, -0.15) is 13.2 Å². The van der Waals surface area contributed by atoms with Crippen molar-refractivity contribution >= 4 is 5.91 Å². The number of nitrogens with one attached hydrogen (secondary N) is 2. The number of rotatable bonds is 11. The molecule has 0 aromatic heterocycles. The number of carbonyl (C=O) groups excluding carboxylic acids is 1. The maximum atomic E-state index is 12.7. The number of aromatic hydroxyl groups is 1. The number of halogens is 3. The van der Waals surface area contributed by atoms with Crippen LogP contribution < -0.4 is 10.6 Å². The molecule has 0 spiro atoms. The number of hydrogen-bond acceptors (Lipinski definition) is 5. The Balaban J connectivity index is 1.52. The van der Waals surface area contributed by atoms with Crippen molar-refractivity contribution in [1.82, 2.24) is 10.6 Å². The Labute approximate surface area is 220 Å². The van der Waals surface area contributed by atoms with Crippen molar-refractivity contribution < 1.29 is 33.3 Å². The molecule has 3 aromatic rings.